The first kappa shape index (κ1) is 17.9. The molecule has 28 heavy (non-hydrogen) atoms. The highest BCUT2D eigenvalue weighted by Crippen LogP contribution is 2.22. The summed E-state index contributed by atoms with van der Waals surface area (Å²) in [6.07, 6.45) is 2.93. The summed E-state index contributed by atoms with van der Waals surface area (Å²) in [4.78, 5) is 28.6. The number of hydrogen-bond acceptors (Lipinski definition) is 4. The fraction of sp³-hybridized carbons (Fsp3) is 0.182. The van der Waals surface area contributed by atoms with Crippen LogP contribution in [-0.2, 0) is 0 Å². The van der Waals surface area contributed by atoms with Crippen molar-refractivity contribution in [3.05, 3.63) is 84.3 Å². The predicted molar refractivity (Wildman–Crippen MR) is 103 cm³/mol. The lowest BCUT2D eigenvalue weighted by molar-refractivity contribution is 0.0535. The molecule has 1 aliphatic rings. The topological polar surface area (TPSA) is 63.0 Å². The van der Waals surface area contributed by atoms with Gasteiger partial charge >= 0.3 is 0 Å². The van der Waals surface area contributed by atoms with Crippen LogP contribution in [-0.4, -0.2) is 47.8 Å². The number of carbonyl (C=O) groups is 2. The van der Waals surface area contributed by atoms with E-state index in [0.29, 0.717) is 43.1 Å². The number of para-hydroxylation sites is 1. The molecule has 1 fully saturated rings. The van der Waals surface area contributed by atoms with Crippen molar-refractivity contribution in [2.24, 2.45) is 0 Å². The second-order valence-corrected chi connectivity index (χ2v) is 6.54. The Balaban J connectivity index is 1.34. The Morgan fingerprint density at radius 1 is 0.714 bits per heavy atom. The number of furan rings is 1. The molecule has 0 bridgehead atoms. The number of hydrogen-bond donors (Lipinski definition) is 0. The van der Waals surface area contributed by atoms with E-state index in [1.807, 2.05) is 30.3 Å². The molecule has 0 N–H and O–H groups in total. The molecule has 1 aromatic heterocycles. The van der Waals surface area contributed by atoms with E-state index in [0.717, 1.165) is 5.75 Å². The molecular formula is C22H20N2O4. The van der Waals surface area contributed by atoms with Crippen LogP contribution in [0, 0.1) is 0 Å². The molecular weight excluding hydrogens is 356 g/mol. The Morgan fingerprint density at radius 3 is 1.86 bits per heavy atom. The van der Waals surface area contributed by atoms with Crippen LogP contribution in [0.15, 0.2) is 77.6 Å². The van der Waals surface area contributed by atoms with Crippen molar-refractivity contribution in [1.29, 1.82) is 0 Å². The second-order valence-electron chi connectivity index (χ2n) is 6.54. The summed E-state index contributed by atoms with van der Waals surface area (Å²) < 4.78 is 10.7. The molecule has 4 rings (SSSR count). The largest absolute Gasteiger partial charge is 0.472 e. The fourth-order valence-corrected chi connectivity index (χ4v) is 3.15. The van der Waals surface area contributed by atoms with Crippen LogP contribution in [0.3, 0.4) is 0 Å². The van der Waals surface area contributed by atoms with E-state index in [4.69, 9.17) is 9.15 Å². The zero-order valence-electron chi connectivity index (χ0n) is 15.3. The Labute approximate surface area is 162 Å². The van der Waals surface area contributed by atoms with Gasteiger partial charge in [-0.05, 0) is 42.5 Å². The smallest absolute Gasteiger partial charge is 0.257 e. The van der Waals surface area contributed by atoms with Gasteiger partial charge in [0.05, 0.1) is 11.8 Å². The monoisotopic (exact) mass is 376 g/mol. The summed E-state index contributed by atoms with van der Waals surface area (Å²) in [5.74, 6) is 1.32. The molecule has 6 heteroatoms. The molecule has 0 radical (unpaired) electrons. The zero-order valence-corrected chi connectivity index (χ0v) is 15.3. The number of nitrogens with zero attached hydrogens (tertiary/aromatic N) is 2. The molecule has 1 saturated heterocycles. The average Bonchev–Trinajstić information content (AvgIpc) is 3.29. The van der Waals surface area contributed by atoms with Crippen molar-refractivity contribution >= 4 is 11.8 Å². The molecule has 2 amide bonds. The van der Waals surface area contributed by atoms with E-state index >= 15 is 0 Å². The van der Waals surface area contributed by atoms with Gasteiger partial charge in [0.25, 0.3) is 11.8 Å². The fourth-order valence-electron chi connectivity index (χ4n) is 3.15. The Morgan fingerprint density at radius 2 is 1.29 bits per heavy atom. The van der Waals surface area contributed by atoms with Crippen molar-refractivity contribution in [3.63, 3.8) is 0 Å². The van der Waals surface area contributed by atoms with E-state index in [1.165, 1.54) is 12.5 Å². The molecule has 6 nitrogen and oxygen atoms in total. The van der Waals surface area contributed by atoms with Gasteiger partial charge in [0.1, 0.15) is 17.8 Å². The minimum atomic E-state index is -0.0664. The van der Waals surface area contributed by atoms with Crippen LogP contribution in [0.1, 0.15) is 20.7 Å². The average molecular weight is 376 g/mol. The Hall–Kier alpha value is -3.54. The van der Waals surface area contributed by atoms with Crippen molar-refractivity contribution in [2.75, 3.05) is 26.2 Å². The maximum absolute atomic E-state index is 12.7. The van der Waals surface area contributed by atoms with E-state index in [2.05, 4.69) is 0 Å². The summed E-state index contributed by atoms with van der Waals surface area (Å²) >= 11 is 0. The van der Waals surface area contributed by atoms with Crippen LogP contribution in [0.5, 0.6) is 11.5 Å². The van der Waals surface area contributed by atoms with Crippen LogP contribution in [0.25, 0.3) is 0 Å². The summed E-state index contributed by atoms with van der Waals surface area (Å²) in [6, 6.07) is 18.3. The van der Waals surface area contributed by atoms with E-state index in [9.17, 15) is 9.59 Å². The van der Waals surface area contributed by atoms with Gasteiger partial charge in [-0.3, -0.25) is 9.59 Å². The molecule has 0 unspecified atom stereocenters. The molecule has 142 valence electrons. The van der Waals surface area contributed by atoms with Gasteiger partial charge in [0.15, 0.2) is 0 Å². The number of carbonyl (C=O) groups excluding carboxylic acids is 2. The first-order valence-corrected chi connectivity index (χ1v) is 9.14. The third-order valence-electron chi connectivity index (χ3n) is 4.70. The molecule has 3 aromatic rings. The van der Waals surface area contributed by atoms with Gasteiger partial charge < -0.3 is 19.0 Å². The normalized spacial score (nSPS) is 14.0. The highest BCUT2D eigenvalue weighted by Gasteiger charge is 2.25. The van der Waals surface area contributed by atoms with Crippen LogP contribution in [0.2, 0.25) is 0 Å². The van der Waals surface area contributed by atoms with E-state index in [1.54, 1.807) is 40.1 Å². The highest BCUT2D eigenvalue weighted by atomic mass is 16.5. The van der Waals surface area contributed by atoms with Gasteiger partial charge in [-0.1, -0.05) is 18.2 Å². The van der Waals surface area contributed by atoms with Crippen molar-refractivity contribution in [2.45, 2.75) is 0 Å². The number of amides is 2. The minimum absolute atomic E-state index is 0.0401. The summed E-state index contributed by atoms with van der Waals surface area (Å²) in [6.45, 7) is 2.02. The van der Waals surface area contributed by atoms with Gasteiger partial charge in [-0.2, -0.15) is 0 Å². The molecule has 0 aliphatic carbocycles. The minimum Gasteiger partial charge on any atom is -0.472 e. The van der Waals surface area contributed by atoms with Crippen molar-refractivity contribution in [1.82, 2.24) is 9.80 Å². The van der Waals surface area contributed by atoms with Gasteiger partial charge in [-0.25, -0.2) is 0 Å². The van der Waals surface area contributed by atoms with Gasteiger partial charge in [0.2, 0.25) is 0 Å². The number of benzene rings is 2. The lowest BCUT2D eigenvalue weighted by atomic mass is 10.1. The SMILES string of the molecule is O=C(c1ccc(Oc2ccccc2)cc1)N1CCN(C(=O)c2ccoc2)CC1. The molecule has 2 heterocycles. The first-order chi connectivity index (χ1) is 13.7. The zero-order chi connectivity index (χ0) is 19.3. The molecule has 0 saturated carbocycles. The quantitative estimate of drug-likeness (QED) is 0.697. The van der Waals surface area contributed by atoms with Gasteiger partial charge in [0, 0.05) is 31.7 Å². The number of ether oxygens (including phenoxy) is 1. The van der Waals surface area contributed by atoms with E-state index in [-0.39, 0.29) is 11.8 Å². The first-order valence-electron chi connectivity index (χ1n) is 9.14. The lowest BCUT2D eigenvalue weighted by Gasteiger charge is -2.34. The van der Waals surface area contributed by atoms with Gasteiger partial charge in [-0.15, -0.1) is 0 Å². The Bertz CT molecular complexity index is 928. The standard InChI is InChI=1S/C22H20N2O4/c25-21(17-6-8-20(9-7-17)28-19-4-2-1-3-5-19)23-11-13-24(14-12-23)22(26)18-10-15-27-16-18/h1-10,15-16H,11-14H2. The maximum atomic E-state index is 12.7. The molecule has 0 atom stereocenters. The molecule has 1 aliphatic heterocycles. The van der Waals surface area contributed by atoms with Crippen molar-refractivity contribution < 1.29 is 18.7 Å². The second kappa shape index (κ2) is 8.00. The van der Waals surface area contributed by atoms with Crippen LogP contribution in [0.4, 0.5) is 0 Å². The summed E-state index contributed by atoms with van der Waals surface area (Å²) in [5, 5.41) is 0. The highest BCUT2D eigenvalue weighted by molar-refractivity contribution is 5.95. The number of piperazine rings is 1. The van der Waals surface area contributed by atoms with Crippen LogP contribution >= 0.6 is 0 Å². The Kier molecular flexibility index (Phi) is 5.10. The lowest BCUT2D eigenvalue weighted by Crippen LogP contribution is -2.50. The number of rotatable bonds is 4. The maximum Gasteiger partial charge on any atom is 0.257 e. The van der Waals surface area contributed by atoms with Crippen molar-refractivity contribution in [3.8, 4) is 11.5 Å². The molecule has 2 aromatic carbocycles. The molecule has 0 spiro atoms. The predicted octanol–water partition coefficient (Wildman–Crippen LogP) is 3.67. The van der Waals surface area contributed by atoms with E-state index < -0.39 is 0 Å². The third kappa shape index (κ3) is 3.91. The third-order valence-corrected chi connectivity index (χ3v) is 4.70. The summed E-state index contributed by atoms with van der Waals surface area (Å²) in [5.41, 5.74) is 1.14. The van der Waals surface area contributed by atoms with Crippen LogP contribution < -0.4 is 4.74 Å². The summed E-state index contributed by atoms with van der Waals surface area (Å²) in [7, 11) is 0.